The van der Waals surface area contributed by atoms with Crippen LogP contribution in [-0.2, 0) is 0 Å². The number of imidazole rings is 1. The second-order valence-corrected chi connectivity index (χ2v) is 4.26. The van der Waals surface area contributed by atoms with Crippen molar-refractivity contribution in [1.29, 1.82) is 0 Å². The van der Waals surface area contributed by atoms with E-state index in [0.29, 0.717) is 12.6 Å². The summed E-state index contributed by atoms with van der Waals surface area (Å²) < 4.78 is 2.01. The number of nitrogens with zero attached hydrogens (tertiary/aromatic N) is 5. The van der Waals surface area contributed by atoms with Gasteiger partial charge in [-0.15, -0.1) is 0 Å². The molecule has 2 heterocycles. The third-order valence-corrected chi connectivity index (χ3v) is 2.69. The predicted molar refractivity (Wildman–Crippen MR) is 66.1 cm³/mol. The highest BCUT2D eigenvalue weighted by molar-refractivity contribution is 5.83. The SMILES string of the molecule is CC(C)n1cnc2c(N(C)CCO)ncnc21. The zero-order chi connectivity index (χ0) is 12.4. The van der Waals surface area contributed by atoms with Gasteiger partial charge in [-0.2, -0.15) is 0 Å². The zero-order valence-electron chi connectivity index (χ0n) is 10.3. The van der Waals surface area contributed by atoms with Crippen LogP contribution in [0.5, 0.6) is 0 Å². The van der Waals surface area contributed by atoms with Crippen LogP contribution < -0.4 is 4.90 Å². The summed E-state index contributed by atoms with van der Waals surface area (Å²) in [7, 11) is 1.88. The summed E-state index contributed by atoms with van der Waals surface area (Å²) in [4.78, 5) is 14.7. The monoisotopic (exact) mass is 235 g/mol. The Kier molecular flexibility index (Phi) is 3.23. The van der Waals surface area contributed by atoms with E-state index in [9.17, 15) is 0 Å². The lowest BCUT2D eigenvalue weighted by atomic mass is 10.4. The van der Waals surface area contributed by atoms with Crippen LogP contribution in [-0.4, -0.2) is 44.8 Å². The fraction of sp³-hybridized carbons (Fsp3) is 0.545. The molecule has 0 saturated carbocycles. The molecule has 0 spiro atoms. The summed E-state index contributed by atoms with van der Waals surface area (Å²) in [6.07, 6.45) is 3.31. The molecular weight excluding hydrogens is 218 g/mol. The number of rotatable bonds is 4. The van der Waals surface area contributed by atoms with Gasteiger partial charge in [0.2, 0.25) is 0 Å². The van der Waals surface area contributed by atoms with Gasteiger partial charge in [-0.05, 0) is 13.8 Å². The van der Waals surface area contributed by atoms with Crippen LogP contribution >= 0.6 is 0 Å². The van der Waals surface area contributed by atoms with Crippen molar-refractivity contribution >= 4 is 17.0 Å². The molecule has 6 heteroatoms. The van der Waals surface area contributed by atoms with Gasteiger partial charge in [-0.3, -0.25) is 0 Å². The second-order valence-electron chi connectivity index (χ2n) is 4.26. The van der Waals surface area contributed by atoms with Crippen molar-refractivity contribution in [1.82, 2.24) is 19.5 Å². The van der Waals surface area contributed by atoms with E-state index in [1.807, 2.05) is 16.5 Å². The fourth-order valence-electron chi connectivity index (χ4n) is 1.75. The average molecular weight is 235 g/mol. The van der Waals surface area contributed by atoms with Gasteiger partial charge in [0.1, 0.15) is 6.33 Å². The summed E-state index contributed by atoms with van der Waals surface area (Å²) >= 11 is 0. The standard InChI is InChI=1S/C11H17N5O/c1-8(2)16-7-14-9-10(15(3)4-5-17)12-6-13-11(9)16/h6-8,17H,4-5H2,1-3H3. The van der Waals surface area contributed by atoms with Crippen molar-refractivity contribution in [3.05, 3.63) is 12.7 Å². The molecule has 0 atom stereocenters. The Labute approximate surface area is 99.9 Å². The van der Waals surface area contributed by atoms with Crippen LogP contribution in [0.1, 0.15) is 19.9 Å². The van der Waals surface area contributed by atoms with Crippen LogP contribution in [0, 0.1) is 0 Å². The minimum Gasteiger partial charge on any atom is -0.395 e. The molecular formula is C11H17N5O. The molecule has 0 saturated heterocycles. The van der Waals surface area contributed by atoms with Gasteiger partial charge in [0, 0.05) is 19.6 Å². The van der Waals surface area contributed by atoms with Crippen molar-refractivity contribution in [2.45, 2.75) is 19.9 Å². The third kappa shape index (κ3) is 2.08. The van der Waals surface area contributed by atoms with Crippen molar-refractivity contribution in [3.63, 3.8) is 0 Å². The lowest BCUT2D eigenvalue weighted by molar-refractivity contribution is 0.304. The normalized spacial score (nSPS) is 11.4. The molecule has 92 valence electrons. The summed E-state index contributed by atoms with van der Waals surface area (Å²) in [6, 6.07) is 0.311. The Hall–Kier alpha value is -1.69. The van der Waals surface area contributed by atoms with Gasteiger partial charge >= 0.3 is 0 Å². The first-order valence-corrected chi connectivity index (χ1v) is 5.64. The summed E-state index contributed by atoms with van der Waals surface area (Å²) in [5.41, 5.74) is 1.60. The maximum absolute atomic E-state index is 8.95. The molecule has 2 aromatic rings. The molecule has 2 rings (SSSR count). The van der Waals surface area contributed by atoms with Crippen molar-refractivity contribution < 1.29 is 5.11 Å². The number of aliphatic hydroxyl groups excluding tert-OH is 1. The molecule has 0 aliphatic rings. The number of hydrogen-bond donors (Lipinski definition) is 1. The first-order valence-electron chi connectivity index (χ1n) is 5.64. The largest absolute Gasteiger partial charge is 0.395 e. The predicted octanol–water partition coefficient (Wildman–Crippen LogP) is 0.836. The van der Waals surface area contributed by atoms with E-state index in [4.69, 9.17) is 5.11 Å². The van der Waals surface area contributed by atoms with Gasteiger partial charge in [0.05, 0.1) is 12.9 Å². The number of aromatic nitrogens is 4. The Balaban J connectivity index is 2.51. The van der Waals surface area contributed by atoms with Crippen LogP contribution in [0.2, 0.25) is 0 Å². The Morgan fingerprint density at radius 1 is 1.35 bits per heavy atom. The molecule has 0 aliphatic heterocycles. The quantitative estimate of drug-likeness (QED) is 0.850. The highest BCUT2D eigenvalue weighted by Crippen LogP contribution is 2.22. The number of fused-ring (bicyclic) bond motifs is 1. The van der Waals surface area contributed by atoms with Gasteiger partial charge < -0.3 is 14.6 Å². The molecule has 1 N–H and O–H groups in total. The highest BCUT2D eigenvalue weighted by Gasteiger charge is 2.14. The Bertz CT molecular complexity index is 508. The smallest absolute Gasteiger partial charge is 0.165 e. The molecule has 0 unspecified atom stereocenters. The third-order valence-electron chi connectivity index (χ3n) is 2.69. The number of aliphatic hydroxyl groups is 1. The molecule has 2 aromatic heterocycles. The van der Waals surface area contributed by atoms with Crippen LogP contribution in [0.3, 0.4) is 0 Å². The van der Waals surface area contributed by atoms with E-state index in [1.54, 1.807) is 6.33 Å². The van der Waals surface area contributed by atoms with E-state index in [0.717, 1.165) is 17.0 Å². The van der Waals surface area contributed by atoms with Crippen LogP contribution in [0.25, 0.3) is 11.2 Å². The molecule has 0 aromatic carbocycles. The maximum Gasteiger partial charge on any atom is 0.165 e. The number of hydrogen-bond acceptors (Lipinski definition) is 5. The minimum atomic E-state index is 0.0902. The van der Waals surface area contributed by atoms with Gasteiger partial charge in [-0.1, -0.05) is 0 Å². The van der Waals surface area contributed by atoms with Gasteiger partial charge in [0.15, 0.2) is 17.0 Å². The summed E-state index contributed by atoms with van der Waals surface area (Å²) in [5, 5.41) is 8.95. The van der Waals surface area contributed by atoms with Gasteiger partial charge in [0.25, 0.3) is 0 Å². The molecule has 0 aliphatic carbocycles. The topological polar surface area (TPSA) is 67.1 Å². The summed E-state index contributed by atoms with van der Waals surface area (Å²) in [5.74, 6) is 0.753. The van der Waals surface area contributed by atoms with E-state index in [2.05, 4.69) is 28.8 Å². The Morgan fingerprint density at radius 3 is 2.76 bits per heavy atom. The molecule has 0 bridgehead atoms. The van der Waals surface area contributed by atoms with Crippen LogP contribution in [0.15, 0.2) is 12.7 Å². The number of anilines is 1. The van der Waals surface area contributed by atoms with E-state index in [1.165, 1.54) is 6.33 Å². The molecule has 6 nitrogen and oxygen atoms in total. The van der Waals surface area contributed by atoms with E-state index < -0.39 is 0 Å². The molecule has 0 fully saturated rings. The number of likely N-dealkylation sites (N-methyl/N-ethyl adjacent to an activating group) is 1. The zero-order valence-corrected chi connectivity index (χ0v) is 10.3. The van der Waals surface area contributed by atoms with Crippen molar-refractivity contribution in [2.24, 2.45) is 0 Å². The van der Waals surface area contributed by atoms with Gasteiger partial charge in [-0.25, -0.2) is 15.0 Å². The average Bonchev–Trinajstić information content (AvgIpc) is 2.72. The second kappa shape index (κ2) is 4.67. The van der Waals surface area contributed by atoms with Crippen molar-refractivity contribution in [2.75, 3.05) is 25.1 Å². The maximum atomic E-state index is 8.95. The fourth-order valence-corrected chi connectivity index (χ4v) is 1.75. The molecule has 0 amide bonds. The van der Waals surface area contributed by atoms with Crippen molar-refractivity contribution in [3.8, 4) is 0 Å². The van der Waals surface area contributed by atoms with Crippen LogP contribution in [0.4, 0.5) is 5.82 Å². The van der Waals surface area contributed by atoms with E-state index >= 15 is 0 Å². The lowest BCUT2D eigenvalue weighted by Gasteiger charge is -2.16. The molecule has 0 radical (unpaired) electrons. The Morgan fingerprint density at radius 2 is 2.12 bits per heavy atom. The van der Waals surface area contributed by atoms with E-state index in [-0.39, 0.29) is 6.61 Å². The highest BCUT2D eigenvalue weighted by atomic mass is 16.3. The summed E-state index contributed by atoms with van der Waals surface area (Å²) in [6.45, 7) is 4.79. The molecule has 17 heavy (non-hydrogen) atoms. The minimum absolute atomic E-state index is 0.0902. The lowest BCUT2D eigenvalue weighted by Crippen LogP contribution is -2.22. The first-order chi connectivity index (χ1) is 8.15. The first kappa shape index (κ1) is 11.8.